The van der Waals surface area contributed by atoms with Crippen LogP contribution in [0.25, 0.3) is 0 Å². The van der Waals surface area contributed by atoms with Gasteiger partial charge in [0.05, 0.1) is 16.5 Å². The van der Waals surface area contributed by atoms with Crippen LogP contribution in [-0.2, 0) is 4.79 Å². The Morgan fingerprint density at radius 1 is 1.38 bits per heavy atom. The lowest BCUT2D eigenvalue weighted by atomic mass is 9.97. The third kappa shape index (κ3) is 3.63. The fraction of sp³-hybridized carbons (Fsp3) is 0.294. The van der Waals surface area contributed by atoms with Crippen molar-refractivity contribution in [3.8, 4) is 6.07 Å². The Morgan fingerprint density at radius 3 is 2.88 bits per heavy atom. The van der Waals surface area contributed by atoms with Crippen molar-refractivity contribution in [1.82, 2.24) is 9.97 Å². The molecular formula is C17H16ClN5O. The second-order valence-corrected chi connectivity index (χ2v) is 6.04. The Balaban J connectivity index is 1.67. The SMILES string of the molecule is N#Cc1ccc(NC(=O)C2CCCN(c3ncccn3)C2)cc1Cl. The minimum atomic E-state index is -0.142. The van der Waals surface area contributed by atoms with Crippen molar-refractivity contribution < 1.29 is 4.79 Å². The molecule has 0 bridgehead atoms. The molecule has 1 amide bonds. The summed E-state index contributed by atoms with van der Waals surface area (Å²) in [6, 6.07) is 8.65. The van der Waals surface area contributed by atoms with Crippen LogP contribution < -0.4 is 10.2 Å². The van der Waals surface area contributed by atoms with Gasteiger partial charge in [-0.3, -0.25) is 4.79 Å². The predicted molar refractivity (Wildman–Crippen MR) is 91.8 cm³/mol. The molecule has 6 nitrogen and oxygen atoms in total. The van der Waals surface area contributed by atoms with Gasteiger partial charge >= 0.3 is 0 Å². The molecule has 122 valence electrons. The molecule has 24 heavy (non-hydrogen) atoms. The average molecular weight is 342 g/mol. The summed E-state index contributed by atoms with van der Waals surface area (Å²) in [5.41, 5.74) is 0.983. The van der Waals surface area contributed by atoms with E-state index in [2.05, 4.69) is 15.3 Å². The van der Waals surface area contributed by atoms with Gasteiger partial charge in [0.15, 0.2) is 0 Å². The maximum absolute atomic E-state index is 12.5. The summed E-state index contributed by atoms with van der Waals surface area (Å²) >= 11 is 6.00. The number of benzene rings is 1. The van der Waals surface area contributed by atoms with Crippen LogP contribution in [0.5, 0.6) is 0 Å². The normalized spacial score (nSPS) is 17.2. The van der Waals surface area contributed by atoms with Crippen LogP contribution in [0.2, 0.25) is 5.02 Å². The zero-order chi connectivity index (χ0) is 16.9. The molecule has 1 aromatic carbocycles. The number of aromatic nitrogens is 2. The van der Waals surface area contributed by atoms with Crippen LogP contribution in [0.4, 0.5) is 11.6 Å². The summed E-state index contributed by atoms with van der Waals surface area (Å²) in [5, 5.41) is 12.1. The first-order valence-electron chi connectivity index (χ1n) is 7.70. The topological polar surface area (TPSA) is 81.9 Å². The van der Waals surface area contributed by atoms with Crippen LogP contribution in [0.1, 0.15) is 18.4 Å². The number of piperidine rings is 1. The number of hydrogen-bond donors (Lipinski definition) is 1. The van der Waals surface area contributed by atoms with Gasteiger partial charge in [0.1, 0.15) is 6.07 Å². The highest BCUT2D eigenvalue weighted by Crippen LogP contribution is 2.24. The molecule has 1 aromatic heterocycles. The van der Waals surface area contributed by atoms with Gasteiger partial charge in [0.2, 0.25) is 11.9 Å². The number of nitrogens with one attached hydrogen (secondary N) is 1. The van der Waals surface area contributed by atoms with Gasteiger partial charge in [0.25, 0.3) is 0 Å². The number of hydrogen-bond acceptors (Lipinski definition) is 5. The number of anilines is 2. The Labute approximate surface area is 145 Å². The summed E-state index contributed by atoms with van der Waals surface area (Å²) in [7, 11) is 0. The quantitative estimate of drug-likeness (QED) is 0.928. The third-order valence-electron chi connectivity index (χ3n) is 3.98. The summed E-state index contributed by atoms with van der Waals surface area (Å²) in [5.74, 6) is 0.449. The fourth-order valence-corrected chi connectivity index (χ4v) is 2.98. The van der Waals surface area contributed by atoms with Crippen molar-refractivity contribution in [2.45, 2.75) is 12.8 Å². The van der Waals surface area contributed by atoms with Crippen molar-refractivity contribution in [2.24, 2.45) is 5.92 Å². The van der Waals surface area contributed by atoms with E-state index in [1.165, 1.54) is 0 Å². The van der Waals surface area contributed by atoms with E-state index in [4.69, 9.17) is 16.9 Å². The van der Waals surface area contributed by atoms with Crippen LogP contribution in [0.15, 0.2) is 36.7 Å². The molecule has 0 aliphatic carbocycles. The molecule has 1 atom stereocenters. The smallest absolute Gasteiger partial charge is 0.229 e. The van der Waals surface area contributed by atoms with Crippen molar-refractivity contribution >= 4 is 29.1 Å². The van der Waals surface area contributed by atoms with Crippen molar-refractivity contribution in [3.05, 3.63) is 47.2 Å². The molecular weight excluding hydrogens is 326 g/mol. The van der Waals surface area contributed by atoms with Gasteiger partial charge in [-0.05, 0) is 37.1 Å². The van der Waals surface area contributed by atoms with Crippen LogP contribution in [0, 0.1) is 17.2 Å². The van der Waals surface area contributed by atoms with Gasteiger partial charge in [-0.2, -0.15) is 5.26 Å². The molecule has 1 N–H and O–H groups in total. The minimum Gasteiger partial charge on any atom is -0.340 e. The number of nitrogens with zero attached hydrogens (tertiary/aromatic N) is 4. The van der Waals surface area contributed by atoms with E-state index < -0.39 is 0 Å². The lowest BCUT2D eigenvalue weighted by molar-refractivity contribution is -0.120. The molecule has 0 radical (unpaired) electrons. The predicted octanol–water partition coefficient (Wildman–Crippen LogP) is 2.86. The molecule has 2 heterocycles. The first kappa shape index (κ1) is 16.2. The molecule has 1 unspecified atom stereocenters. The van der Waals surface area contributed by atoms with Crippen molar-refractivity contribution in [3.63, 3.8) is 0 Å². The molecule has 1 aliphatic heterocycles. The number of carbonyl (C=O) groups excluding carboxylic acids is 1. The Kier molecular flexibility index (Phi) is 4.92. The molecule has 1 saturated heterocycles. The van der Waals surface area contributed by atoms with Crippen molar-refractivity contribution in [1.29, 1.82) is 5.26 Å². The number of halogens is 1. The minimum absolute atomic E-state index is 0.0589. The van der Waals surface area contributed by atoms with Gasteiger partial charge in [-0.25, -0.2) is 9.97 Å². The lowest BCUT2D eigenvalue weighted by Gasteiger charge is -2.31. The molecule has 7 heteroatoms. The largest absolute Gasteiger partial charge is 0.340 e. The first-order chi connectivity index (χ1) is 11.7. The molecule has 1 fully saturated rings. The number of rotatable bonds is 3. The highest BCUT2D eigenvalue weighted by Gasteiger charge is 2.27. The zero-order valence-electron chi connectivity index (χ0n) is 12.9. The average Bonchev–Trinajstić information content (AvgIpc) is 2.63. The van der Waals surface area contributed by atoms with Gasteiger partial charge in [0, 0.05) is 31.2 Å². The third-order valence-corrected chi connectivity index (χ3v) is 4.30. The van der Waals surface area contributed by atoms with Crippen LogP contribution >= 0.6 is 11.6 Å². The Hall–Kier alpha value is -2.65. The summed E-state index contributed by atoms with van der Waals surface area (Å²) < 4.78 is 0. The maximum atomic E-state index is 12.5. The summed E-state index contributed by atoms with van der Waals surface area (Å²) in [4.78, 5) is 23.0. The number of nitriles is 1. The Bertz CT molecular complexity index is 774. The second-order valence-electron chi connectivity index (χ2n) is 5.63. The van der Waals surface area contributed by atoms with Crippen LogP contribution in [0.3, 0.4) is 0 Å². The van der Waals surface area contributed by atoms with E-state index in [1.807, 2.05) is 11.0 Å². The molecule has 0 saturated carbocycles. The van der Waals surface area contributed by atoms with Gasteiger partial charge < -0.3 is 10.2 Å². The molecule has 3 rings (SSSR count). The van der Waals surface area contributed by atoms with E-state index in [1.54, 1.807) is 36.7 Å². The first-order valence-corrected chi connectivity index (χ1v) is 8.07. The summed E-state index contributed by atoms with van der Waals surface area (Å²) in [6.45, 7) is 1.43. The number of amides is 1. The summed E-state index contributed by atoms with van der Waals surface area (Å²) in [6.07, 6.45) is 5.12. The van der Waals surface area contributed by atoms with E-state index in [-0.39, 0.29) is 11.8 Å². The molecule has 0 spiro atoms. The highest BCUT2D eigenvalue weighted by molar-refractivity contribution is 6.32. The number of carbonyl (C=O) groups is 1. The molecule has 1 aliphatic rings. The highest BCUT2D eigenvalue weighted by atomic mass is 35.5. The zero-order valence-corrected chi connectivity index (χ0v) is 13.7. The standard InChI is InChI=1S/C17H16ClN5O/c18-15-9-14(5-4-12(15)10-19)22-16(24)13-3-1-8-23(11-13)17-20-6-2-7-21-17/h2,4-7,9,13H,1,3,8,11H2,(H,22,24). The van der Waals surface area contributed by atoms with Gasteiger partial charge in [-0.15, -0.1) is 0 Å². The lowest BCUT2D eigenvalue weighted by Crippen LogP contribution is -2.41. The van der Waals surface area contributed by atoms with Gasteiger partial charge in [-0.1, -0.05) is 11.6 Å². The van der Waals surface area contributed by atoms with E-state index in [9.17, 15) is 4.79 Å². The van der Waals surface area contributed by atoms with Crippen LogP contribution in [-0.4, -0.2) is 29.0 Å². The van der Waals surface area contributed by atoms with E-state index in [0.717, 1.165) is 19.4 Å². The monoisotopic (exact) mass is 341 g/mol. The second kappa shape index (κ2) is 7.28. The van der Waals surface area contributed by atoms with Crippen molar-refractivity contribution in [2.75, 3.05) is 23.3 Å². The Morgan fingerprint density at radius 2 is 2.17 bits per heavy atom. The van der Waals surface area contributed by atoms with E-state index in [0.29, 0.717) is 28.8 Å². The fourth-order valence-electron chi connectivity index (χ4n) is 2.76. The maximum Gasteiger partial charge on any atom is 0.229 e. The molecule has 2 aromatic rings. The van der Waals surface area contributed by atoms with E-state index >= 15 is 0 Å².